The molecule has 2 aromatic rings. The second-order valence-electron chi connectivity index (χ2n) is 5.05. The van der Waals surface area contributed by atoms with Crippen LogP contribution >= 0.6 is 11.8 Å². The molecule has 21 heavy (non-hydrogen) atoms. The Morgan fingerprint density at radius 3 is 2.48 bits per heavy atom. The molecule has 0 aromatic heterocycles. The SMILES string of the molecule is CCC(C)c1ccccc1NC(=O)CSc1ccccc1. The molecule has 0 saturated heterocycles. The number of carbonyl (C=O) groups is 1. The first-order valence-electron chi connectivity index (χ1n) is 7.27. The smallest absolute Gasteiger partial charge is 0.234 e. The van der Waals surface area contributed by atoms with Crippen molar-refractivity contribution in [1.29, 1.82) is 0 Å². The third kappa shape index (κ3) is 4.64. The number of para-hydroxylation sites is 1. The fourth-order valence-corrected chi connectivity index (χ4v) is 2.83. The maximum Gasteiger partial charge on any atom is 0.234 e. The van der Waals surface area contributed by atoms with Crippen LogP contribution in [0.4, 0.5) is 5.69 Å². The third-order valence-corrected chi connectivity index (χ3v) is 4.50. The Bertz CT molecular complexity index is 583. The summed E-state index contributed by atoms with van der Waals surface area (Å²) in [6.07, 6.45) is 1.06. The summed E-state index contributed by atoms with van der Waals surface area (Å²) in [7, 11) is 0. The first-order valence-corrected chi connectivity index (χ1v) is 8.26. The van der Waals surface area contributed by atoms with Crippen LogP contribution in [0.5, 0.6) is 0 Å². The Morgan fingerprint density at radius 1 is 1.10 bits per heavy atom. The van der Waals surface area contributed by atoms with Crippen molar-refractivity contribution in [1.82, 2.24) is 0 Å². The molecule has 0 bridgehead atoms. The molecular formula is C18H21NOS. The number of hydrogen-bond acceptors (Lipinski definition) is 2. The highest BCUT2D eigenvalue weighted by Crippen LogP contribution is 2.27. The molecule has 0 fully saturated rings. The lowest BCUT2D eigenvalue weighted by Gasteiger charge is -2.15. The maximum atomic E-state index is 12.1. The van der Waals surface area contributed by atoms with Crippen LogP contribution in [0, 0.1) is 0 Å². The summed E-state index contributed by atoms with van der Waals surface area (Å²) >= 11 is 1.56. The van der Waals surface area contributed by atoms with Crippen LogP contribution in [0.25, 0.3) is 0 Å². The number of anilines is 1. The van der Waals surface area contributed by atoms with E-state index in [0.29, 0.717) is 11.7 Å². The predicted molar refractivity (Wildman–Crippen MR) is 90.9 cm³/mol. The minimum atomic E-state index is 0.0413. The highest BCUT2D eigenvalue weighted by molar-refractivity contribution is 8.00. The lowest BCUT2D eigenvalue weighted by Crippen LogP contribution is -2.15. The zero-order valence-corrected chi connectivity index (χ0v) is 13.3. The van der Waals surface area contributed by atoms with Crippen molar-refractivity contribution in [2.75, 3.05) is 11.1 Å². The first kappa shape index (κ1) is 15.6. The molecule has 0 aliphatic heterocycles. The average molecular weight is 299 g/mol. The van der Waals surface area contributed by atoms with E-state index in [1.165, 1.54) is 5.56 Å². The van der Waals surface area contributed by atoms with Gasteiger partial charge < -0.3 is 5.32 Å². The number of carbonyl (C=O) groups excluding carboxylic acids is 1. The molecule has 0 aliphatic rings. The number of benzene rings is 2. The second kappa shape index (κ2) is 7.89. The number of amides is 1. The lowest BCUT2D eigenvalue weighted by molar-refractivity contribution is -0.113. The van der Waals surface area contributed by atoms with Gasteiger partial charge in [-0.3, -0.25) is 4.79 Å². The summed E-state index contributed by atoms with van der Waals surface area (Å²) in [4.78, 5) is 13.2. The van der Waals surface area contributed by atoms with Crippen molar-refractivity contribution in [3.8, 4) is 0 Å². The number of nitrogens with one attached hydrogen (secondary N) is 1. The van der Waals surface area contributed by atoms with Gasteiger partial charge in [-0.15, -0.1) is 11.8 Å². The van der Waals surface area contributed by atoms with Crippen LogP contribution in [0.15, 0.2) is 59.5 Å². The van der Waals surface area contributed by atoms with Crippen molar-refractivity contribution in [2.24, 2.45) is 0 Å². The topological polar surface area (TPSA) is 29.1 Å². The molecule has 2 aromatic carbocycles. The average Bonchev–Trinajstić information content (AvgIpc) is 2.54. The molecule has 1 amide bonds. The largest absolute Gasteiger partial charge is 0.325 e. The van der Waals surface area contributed by atoms with Crippen molar-refractivity contribution in [3.63, 3.8) is 0 Å². The van der Waals surface area contributed by atoms with Gasteiger partial charge in [0.25, 0.3) is 0 Å². The van der Waals surface area contributed by atoms with E-state index in [0.717, 1.165) is 17.0 Å². The van der Waals surface area contributed by atoms with Crippen LogP contribution in [0.3, 0.4) is 0 Å². The Morgan fingerprint density at radius 2 is 1.76 bits per heavy atom. The molecule has 1 atom stereocenters. The van der Waals surface area contributed by atoms with Gasteiger partial charge in [0.1, 0.15) is 0 Å². The summed E-state index contributed by atoms with van der Waals surface area (Å²) in [6.45, 7) is 4.35. The van der Waals surface area contributed by atoms with Crippen molar-refractivity contribution in [2.45, 2.75) is 31.1 Å². The van der Waals surface area contributed by atoms with Gasteiger partial charge in [0.2, 0.25) is 5.91 Å². The molecule has 0 heterocycles. The van der Waals surface area contributed by atoms with Crippen LogP contribution in [-0.2, 0) is 4.79 Å². The Labute approximate surface area is 131 Å². The molecule has 0 aliphatic carbocycles. The van der Waals surface area contributed by atoms with Crippen molar-refractivity contribution < 1.29 is 4.79 Å². The van der Waals surface area contributed by atoms with Gasteiger partial charge in [0.05, 0.1) is 5.75 Å². The predicted octanol–water partition coefficient (Wildman–Crippen LogP) is 4.93. The van der Waals surface area contributed by atoms with Gasteiger partial charge in [-0.25, -0.2) is 0 Å². The zero-order chi connectivity index (χ0) is 15.1. The molecule has 1 N–H and O–H groups in total. The molecule has 0 spiro atoms. The van der Waals surface area contributed by atoms with Gasteiger partial charge in [0, 0.05) is 10.6 Å². The van der Waals surface area contributed by atoms with E-state index in [1.54, 1.807) is 11.8 Å². The van der Waals surface area contributed by atoms with E-state index in [4.69, 9.17) is 0 Å². The van der Waals surface area contributed by atoms with Gasteiger partial charge in [0.15, 0.2) is 0 Å². The van der Waals surface area contributed by atoms with Crippen molar-refractivity contribution >= 4 is 23.4 Å². The van der Waals surface area contributed by atoms with Crippen LogP contribution in [-0.4, -0.2) is 11.7 Å². The molecule has 0 saturated carbocycles. The molecule has 1 unspecified atom stereocenters. The highest BCUT2D eigenvalue weighted by Gasteiger charge is 2.11. The molecule has 3 heteroatoms. The van der Waals surface area contributed by atoms with Crippen molar-refractivity contribution in [3.05, 3.63) is 60.2 Å². The molecule has 0 radical (unpaired) electrons. The van der Waals surface area contributed by atoms with Crippen LogP contribution < -0.4 is 5.32 Å². The van der Waals surface area contributed by atoms with E-state index in [9.17, 15) is 4.79 Å². The van der Waals surface area contributed by atoms with E-state index in [2.05, 4.69) is 25.2 Å². The van der Waals surface area contributed by atoms with Gasteiger partial charge in [-0.1, -0.05) is 50.2 Å². The van der Waals surface area contributed by atoms with E-state index in [-0.39, 0.29) is 5.91 Å². The van der Waals surface area contributed by atoms with E-state index < -0.39 is 0 Å². The monoisotopic (exact) mass is 299 g/mol. The lowest BCUT2D eigenvalue weighted by atomic mass is 9.97. The molecule has 2 nitrogen and oxygen atoms in total. The van der Waals surface area contributed by atoms with E-state index in [1.807, 2.05) is 48.5 Å². The summed E-state index contributed by atoms with van der Waals surface area (Å²) < 4.78 is 0. The second-order valence-corrected chi connectivity index (χ2v) is 6.10. The van der Waals surface area contributed by atoms with E-state index >= 15 is 0 Å². The normalized spacial score (nSPS) is 11.9. The Kier molecular flexibility index (Phi) is 5.88. The Balaban J connectivity index is 1.97. The zero-order valence-electron chi connectivity index (χ0n) is 12.5. The maximum absolute atomic E-state index is 12.1. The third-order valence-electron chi connectivity index (χ3n) is 3.49. The first-order chi connectivity index (χ1) is 10.2. The minimum absolute atomic E-state index is 0.0413. The Hall–Kier alpha value is -1.74. The number of thioether (sulfide) groups is 1. The summed E-state index contributed by atoms with van der Waals surface area (Å²) in [5, 5.41) is 3.04. The highest BCUT2D eigenvalue weighted by atomic mass is 32.2. The molecule has 2 rings (SSSR count). The van der Waals surface area contributed by atoms with Gasteiger partial charge >= 0.3 is 0 Å². The minimum Gasteiger partial charge on any atom is -0.325 e. The fourth-order valence-electron chi connectivity index (χ4n) is 2.11. The number of hydrogen-bond donors (Lipinski definition) is 1. The van der Waals surface area contributed by atoms with Crippen LogP contribution in [0.1, 0.15) is 31.7 Å². The fraction of sp³-hybridized carbons (Fsp3) is 0.278. The summed E-state index contributed by atoms with van der Waals surface area (Å²) in [5.41, 5.74) is 2.14. The van der Waals surface area contributed by atoms with Gasteiger partial charge in [-0.2, -0.15) is 0 Å². The number of rotatable bonds is 6. The van der Waals surface area contributed by atoms with Crippen LogP contribution in [0.2, 0.25) is 0 Å². The summed E-state index contributed by atoms with van der Waals surface area (Å²) in [5.74, 6) is 0.918. The quantitative estimate of drug-likeness (QED) is 0.766. The van der Waals surface area contributed by atoms with Gasteiger partial charge in [-0.05, 0) is 36.1 Å². The molecule has 110 valence electrons. The summed E-state index contributed by atoms with van der Waals surface area (Å²) in [6, 6.07) is 18.0. The standard InChI is InChI=1S/C18H21NOS/c1-3-14(2)16-11-7-8-12-17(16)19-18(20)13-21-15-9-5-4-6-10-15/h4-12,14H,3,13H2,1-2H3,(H,19,20). The molecular weight excluding hydrogens is 278 g/mol.